The third-order valence-electron chi connectivity index (χ3n) is 5.01. The fourth-order valence-corrected chi connectivity index (χ4v) is 5.56. The molecule has 0 aliphatic carbocycles. The molecule has 144 valence electrons. The van der Waals surface area contributed by atoms with Gasteiger partial charge in [0.25, 0.3) is 10.0 Å². The van der Waals surface area contributed by atoms with Gasteiger partial charge in [-0.3, -0.25) is 4.31 Å². The molecule has 3 aromatic rings. The lowest BCUT2D eigenvalue weighted by molar-refractivity contribution is 0.537. The molecule has 4 rings (SSSR count). The summed E-state index contributed by atoms with van der Waals surface area (Å²) in [6, 6.07) is 23.8. The number of fused-ring (bicyclic) bond motifs is 1. The van der Waals surface area contributed by atoms with Crippen molar-refractivity contribution in [3.63, 3.8) is 0 Å². The van der Waals surface area contributed by atoms with Crippen molar-refractivity contribution in [3.05, 3.63) is 89.4 Å². The monoisotopic (exact) mass is 412 g/mol. The molecule has 6 heteroatoms. The van der Waals surface area contributed by atoms with Gasteiger partial charge in [0.15, 0.2) is 0 Å². The van der Waals surface area contributed by atoms with Crippen LogP contribution in [0.5, 0.6) is 0 Å². The highest BCUT2D eigenvalue weighted by Gasteiger charge is 2.37. The van der Waals surface area contributed by atoms with Gasteiger partial charge in [0.1, 0.15) is 0 Å². The van der Waals surface area contributed by atoms with Gasteiger partial charge in [-0.1, -0.05) is 48.0 Å². The Labute approximate surface area is 170 Å². The molecule has 0 spiro atoms. The van der Waals surface area contributed by atoms with E-state index in [0.29, 0.717) is 17.1 Å². The van der Waals surface area contributed by atoms with E-state index < -0.39 is 10.0 Å². The largest absolute Gasteiger partial charge is 0.378 e. The molecule has 2 atom stereocenters. The molecule has 0 bridgehead atoms. The van der Waals surface area contributed by atoms with Gasteiger partial charge in [-0.15, -0.1) is 0 Å². The van der Waals surface area contributed by atoms with E-state index in [0.717, 1.165) is 11.3 Å². The van der Waals surface area contributed by atoms with Gasteiger partial charge in [-0.25, -0.2) is 8.42 Å². The van der Waals surface area contributed by atoms with Crippen molar-refractivity contribution in [2.75, 3.05) is 9.62 Å². The highest BCUT2D eigenvalue weighted by molar-refractivity contribution is 7.92. The lowest BCUT2D eigenvalue weighted by Crippen LogP contribution is -2.44. The van der Waals surface area contributed by atoms with Crippen LogP contribution < -0.4 is 9.62 Å². The number of nitrogens with one attached hydrogen (secondary N) is 1. The van der Waals surface area contributed by atoms with E-state index in [1.165, 1.54) is 4.31 Å². The summed E-state index contributed by atoms with van der Waals surface area (Å²) in [5, 5.41) is 4.06. The molecule has 3 aromatic carbocycles. The topological polar surface area (TPSA) is 49.4 Å². The van der Waals surface area contributed by atoms with E-state index in [4.69, 9.17) is 11.6 Å². The second-order valence-electron chi connectivity index (χ2n) is 6.96. The summed E-state index contributed by atoms with van der Waals surface area (Å²) < 4.78 is 28.3. The Morgan fingerprint density at radius 3 is 2.29 bits per heavy atom. The van der Waals surface area contributed by atoms with Crippen LogP contribution in [0, 0.1) is 0 Å². The van der Waals surface area contributed by atoms with Gasteiger partial charge >= 0.3 is 0 Å². The minimum absolute atomic E-state index is 0.0327. The van der Waals surface area contributed by atoms with Crippen LogP contribution >= 0.6 is 11.6 Å². The first kappa shape index (κ1) is 18.8. The molecular formula is C22H21ClN2O2S. The highest BCUT2D eigenvalue weighted by Crippen LogP contribution is 2.41. The SMILES string of the molecule is CC1CC(Nc2ccccc2)c2ccccc2N1S(=O)(=O)c1ccc(Cl)cc1. The Balaban J connectivity index is 1.75. The summed E-state index contributed by atoms with van der Waals surface area (Å²) in [7, 11) is -3.69. The summed E-state index contributed by atoms with van der Waals surface area (Å²) in [6.07, 6.45) is 0.665. The number of hydrogen-bond donors (Lipinski definition) is 1. The number of hydrogen-bond acceptors (Lipinski definition) is 3. The van der Waals surface area contributed by atoms with Crippen LogP contribution in [0.2, 0.25) is 5.02 Å². The van der Waals surface area contributed by atoms with Crippen LogP contribution in [0.1, 0.15) is 24.9 Å². The summed E-state index contributed by atoms with van der Waals surface area (Å²) in [5.74, 6) is 0. The fraction of sp³-hybridized carbons (Fsp3) is 0.182. The normalized spacial score (nSPS) is 19.1. The van der Waals surface area contributed by atoms with Crippen molar-refractivity contribution < 1.29 is 8.42 Å². The van der Waals surface area contributed by atoms with Crippen LogP contribution in [0.25, 0.3) is 0 Å². The average molecular weight is 413 g/mol. The van der Waals surface area contributed by atoms with Crippen LogP contribution in [0.4, 0.5) is 11.4 Å². The maximum Gasteiger partial charge on any atom is 0.264 e. The lowest BCUT2D eigenvalue weighted by atomic mass is 9.93. The molecule has 2 unspecified atom stereocenters. The summed E-state index contributed by atoms with van der Waals surface area (Å²) >= 11 is 5.94. The summed E-state index contributed by atoms with van der Waals surface area (Å²) in [5.41, 5.74) is 2.70. The van der Waals surface area contributed by atoms with Crippen molar-refractivity contribution in [2.45, 2.75) is 30.3 Å². The van der Waals surface area contributed by atoms with E-state index in [-0.39, 0.29) is 17.0 Å². The third-order valence-corrected chi connectivity index (χ3v) is 7.21. The van der Waals surface area contributed by atoms with Gasteiger partial charge in [0.2, 0.25) is 0 Å². The Morgan fingerprint density at radius 2 is 1.57 bits per heavy atom. The zero-order valence-corrected chi connectivity index (χ0v) is 17.0. The number of rotatable bonds is 4. The second-order valence-corrected chi connectivity index (χ2v) is 9.21. The molecule has 0 amide bonds. The van der Waals surface area contributed by atoms with Crippen molar-refractivity contribution in [1.29, 1.82) is 0 Å². The van der Waals surface area contributed by atoms with Gasteiger partial charge < -0.3 is 5.32 Å². The number of halogens is 1. The molecule has 1 heterocycles. The predicted octanol–water partition coefficient (Wildman–Crippen LogP) is 5.48. The Hall–Kier alpha value is -2.50. The van der Waals surface area contributed by atoms with Gasteiger partial charge in [0, 0.05) is 16.8 Å². The quantitative estimate of drug-likeness (QED) is 0.617. The Bertz CT molecular complexity index is 1070. The van der Waals surface area contributed by atoms with Crippen molar-refractivity contribution in [3.8, 4) is 0 Å². The minimum atomic E-state index is -3.69. The van der Waals surface area contributed by atoms with Crippen LogP contribution in [0.15, 0.2) is 83.8 Å². The molecule has 0 saturated carbocycles. The number of benzene rings is 3. The molecule has 28 heavy (non-hydrogen) atoms. The molecule has 0 radical (unpaired) electrons. The highest BCUT2D eigenvalue weighted by atomic mass is 35.5. The van der Waals surface area contributed by atoms with Crippen molar-refractivity contribution in [1.82, 2.24) is 0 Å². The van der Waals surface area contributed by atoms with Crippen LogP contribution in [-0.2, 0) is 10.0 Å². The van der Waals surface area contributed by atoms with Crippen molar-refractivity contribution in [2.24, 2.45) is 0 Å². The summed E-state index contributed by atoms with van der Waals surface area (Å²) in [6.45, 7) is 1.95. The minimum Gasteiger partial charge on any atom is -0.378 e. The first-order chi connectivity index (χ1) is 13.5. The average Bonchev–Trinajstić information content (AvgIpc) is 2.69. The van der Waals surface area contributed by atoms with E-state index in [1.807, 2.05) is 61.5 Å². The maximum atomic E-state index is 13.4. The van der Waals surface area contributed by atoms with Gasteiger partial charge in [0.05, 0.1) is 16.6 Å². The molecule has 1 N–H and O–H groups in total. The fourth-order valence-electron chi connectivity index (χ4n) is 3.74. The zero-order chi connectivity index (χ0) is 19.7. The number of para-hydroxylation sites is 2. The standard InChI is InChI=1S/C22H21ClN2O2S/c1-16-15-21(24-18-7-3-2-4-8-18)20-9-5-6-10-22(20)25(16)28(26,27)19-13-11-17(23)12-14-19/h2-14,16,21,24H,15H2,1H3. The summed E-state index contributed by atoms with van der Waals surface area (Å²) in [4.78, 5) is 0.244. The predicted molar refractivity (Wildman–Crippen MR) is 114 cm³/mol. The first-order valence-electron chi connectivity index (χ1n) is 9.17. The van der Waals surface area contributed by atoms with E-state index in [1.54, 1.807) is 24.3 Å². The van der Waals surface area contributed by atoms with Crippen molar-refractivity contribution >= 4 is 33.0 Å². The Kier molecular flexibility index (Phi) is 5.04. The maximum absolute atomic E-state index is 13.4. The number of anilines is 2. The lowest BCUT2D eigenvalue weighted by Gasteiger charge is -2.40. The number of nitrogens with zero attached hydrogens (tertiary/aromatic N) is 1. The van der Waals surface area contributed by atoms with Gasteiger partial charge in [-0.2, -0.15) is 0 Å². The molecule has 4 nitrogen and oxygen atoms in total. The third kappa shape index (κ3) is 3.48. The smallest absolute Gasteiger partial charge is 0.264 e. The molecule has 0 aromatic heterocycles. The zero-order valence-electron chi connectivity index (χ0n) is 15.4. The molecule has 0 fully saturated rings. The van der Waals surface area contributed by atoms with E-state index in [2.05, 4.69) is 5.32 Å². The van der Waals surface area contributed by atoms with Crippen LogP contribution in [-0.4, -0.2) is 14.5 Å². The van der Waals surface area contributed by atoms with Gasteiger partial charge in [-0.05, 0) is 61.4 Å². The van der Waals surface area contributed by atoms with E-state index in [9.17, 15) is 8.42 Å². The second kappa shape index (κ2) is 7.49. The Morgan fingerprint density at radius 1 is 0.929 bits per heavy atom. The number of sulfonamides is 1. The van der Waals surface area contributed by atoms with Crippen LogP contribution in [0.3, 0.4) is 0 Å². The van der Waals surface area contributed by atoms with E-state index >= 15 is 0 Å². The molecule has 1 aliphatic heterocycles. The molecule has 1 aliphatic rings. The first-order valence-corrected chi connectivity index (χ1v) is 11.0. The molecular weight excluding hydrogens is 392 g/mol. The molecule has 0 saturated heterocycles.